The normalized spacial score (nSPS) is 11.9. The molecule has 0 spiro atoms. The van der Waals surface area contributed by atoms with E-state index in [1.165, 1.54) is 24.3 Å². The van der Waals surface area contributed by atoms with Crippen LogP contribution in [0.1, 0.15) is 43.5 Å². The Hall–Kier alpha value is -4.63. The molecule has 0 amide bonds. The van der Waals surface area contributed by atoms with Crippen molar-refractivity contribution in [1.82, 2.24) is 0 Å². The molecule has 192 valence electrons. The van der Waals surface area contributed by atoms with E-state index in [1.807, 2.05) is 13.8 Å². The number of ketones is 1. The zero-order valence-electron chi connectivity index (χ0n) is 20.5. The topological polar surface area (TPSA) is 121 Å². The molecule has 0 radical (unpaired) electrons. The number of nitro benzene ring substituents is 1. The van der Waals surface area contributed by atoms with Gasteiger partial charge < -0.3 is 4.74 Å². The Morgan fingerprint density at radius 3 is 2.08 bits per heavy atom. The van der Waals surface area contributed by atoms with Gasteiger partial charge >= 0.3 is 5.97 Å². The fourth-order valence-electron chi connectivity index (χ4n) is 3.86. The first-order valence-corrected chi connectivity index (χ1v) is 13.0. The zero-order chi connectivity index (χ0) is 27.4. The lowest BCUT2D eigenvalue weighted by molar-refractivity contribution is -0.384. The Balaban J connectivity index is 1.72. The quantitative estimate of drug-likeness (QED) is 0.122. The van der Waals surface area contributed by atoms with Gasteiger partial charge in [-0.25, -0.2) is 13.2 Å². The number of esters is 1. The molecule has 0 bridgehead atoms. The summed E-state index contributed by atoms with van der Waals surface area (Å²) in [4.78, 5) is 36.7. The molecule has 38 heavy (non-hydrogen) atoms. The first kappa shape index (κ1) is 26.4. The van der Waals surface area contributed by atoms with Crippen molar-refractivity contribution in [3.05, 3.63) is 135 Å². The number of nitrogens with zero attached hydrogens (tertiary/aromatic N) is 1. The van der Waals surface area contributed by atoms with Crippen LogP contribution in [0.25, 0.3) is 0 Å². The molecule has 8 nitrogen and oxygen atoms in total. The average Bonchev–Trinajstić information content (AvgIpc) is 2.93. The van der Waals surface area contributed by atoms with Crippen molar-refractivity contribution in [2.45, 2.75) is 29.7 Å². The summed E-state index contributed by atoms with van der Waals surface area (Å²) in [5.74, 6) is -1.46. The lowest BCUT2D eigenvalue weighted by atomic mass is 9.97. The summed E-state index contributed by atoms with van der Waals surface area (Å²) in [6.45, 7) is 3.79. The monoisotopic (exact) mass is 529 g/mol. The fourth-order valence-corrected chi connectivity index (χ4v) is 5.31. The highest BCUT2D eigenvalue weighted by atomic mass is 32.2. The molecule has 9 heteroatoms. The Morgan fingerprint density at radius 1 is 0.816 bits per heavy atom. The largest absolute Gasteiger partial charge is 0.445 e. The van der Waals surface area contributed by atoms with Gasteiger partial charge in [0.25, 0.3) is 5.69 Å². The Morgan fingerprint density at radius 2 is 1.45 bits per heavy atom. The summed E-state index contributed by atoms with van der Waals surface area (Å²) in [7, 11) is -4.25. The fraction of sp³-hybridized carbons (Fsp3) is 0.103. The molecule has 0 saturated carbocycles. The highest BCUT2D eigenvalue weighted by Gasteiger charge is 2.31. The molecule has 0 saturated heterocycles. The van der Waals surface area contributed by atoms with Crippen LogP contribution in [0.5, 0.6) is 0 Å². The molecule has 4 aromatic rings. The number of carbonyl (C=O) groups is 2. The smallest absolute Gasteiger partial charge is 0.340 e. The van der Waals surface area contributed by atoms with Crippen LogP contribution >= 0.6 is 0 Å². The number of hydrogen-bond acceptors (Lipinski definition) is 7. The summed E-state index contributed by atoms with van der Waals surface area (Å²) in [5.41, 5.74) is 2.14. The van der Waals surface area contributed by atoms with Crippen LogP contribution < -0.4 is 0 Å². The molecule has 0 aliphatic rings. The number of carbonyl (C=O) groups excluding carboxylic acids is 2. The van der Waals surface area contributed by atoms with Crippen molar-refractivity contribution in [3.63, 3.8) is 0 Å². The molecule has 4 aromatic carbocycles. The van der Waals surface area contributed by atoms with Gasteiger partial charge in [-0.05, 0) is 55.3 Å². The summed E-state index contributed by atoms with van der Waals surface area (Å²) in [6, 6.07) is 23.5. The maximum Gasteiger partial charge on any atom is 0.340 e. The number of hydrogen-bond donors (Lipinski definition) is 0. The third-order valence-corrected chi connectivity index (χ3v) is 7.94. The second kappa shape index (κ2) is 10.8. The lowest BCUT2D eigenvalue weighted by Crippen LogP contribution is -2.22. The molecule has 0 fully saturated rings. The van der Waals surface area contributed by atoms with Crippen molar-refractivity contribution >= 4 is 27.3 Å². The van der Waals surface area contributed by atoms with E-state index in [4.69, 9.17) is 4.74 Å². The standard InChI is InChI=1S/C29H23NO7S/c1-19-12-13-22(18-20(19)2)27(31)28(21-8-4-3-5-9-21)37-29(32)25-10-6-7-11-26(25)38(35,36)24-16-14-23(15-17-24)30(33)34/h3-18,28H,1-2H3/t28-/m0/s1. The van der Waals surface area contributed by atoms with Crippen LogP contribution in [0.2, 0.25) is 0 Å². The molecule has 1 atom stereocenters. The Bertz CT molecular complexity index is 1630. The molecule has 0 heterocycles. The molecular weight excluding hydrogens is 506 g/mol. The van der Waals surface area contributed by atoms with Gasteiger partial charge in [0.2, 0.25) is 15.6 Å². The van der Waals surface area contributed by atoms with E-state index < -0.39 is 32.6 Å². The van der Waals surface area contributed by atoms with Crippen LogP contribution in [0.15, 0.2) is 107 Å². The maximum absolute atomic E-state index is 13.5. The number of sulfone groups is 1. The number of benzene rings is 4. The van der Waals surface area contributed by atoms with E-state index in [0.717, 1.165) is 35.4 Å². The van der Waals surface area contributed by atoms with Gasteiger partial charge in [0.05, 0.1) is 20.3 Å². The highest BCUT2D eigenvalue weighted by Crippen LogP contribution is 2.29. The molecule has 0 N–H and O–H groups in total. The van der Waals surface area contributed by atoms with Crippen LogP contribution in [0, 0.1) is 24.0 Å². The third-order valence-electron chi connectivity index (χ3n) is 6.11. The molecule has 0 aliphatic carbocycles. The van der Waals surface area contributed by atoms with Crippen LogP contribution in [-0.4, -0.2) is 25.1 Å². The van der Waals surface area contributed by atoms with E-state index in [-0.39, 0.29) is 21.0 Å². The van der Waals surface area contributed by atoms with E-state index in [2.05, 4.69) is 0 Å². The number of Topliss-reactive ketones (excluding diaryl/α,β-unsaturated/α-hetero) is 1. The van der Waals surface area contributed by atoms with Gasteiger partial charge in [-0.15, -0.1) is 0 Å². The lowest BCUT2D eigenvalue weighted by Gasteiger charge is -2.19. The van der Waals surface area contributed by atoms with Crippen LogP contribution in [-0.2, 0) is 14.6 Å². The van der Waals surface area contributed by atoms with Gasteiger partial charge in [0.15, 0.2) is 6.10 Å². The summed E-state index contributed by atoms with van der Waals surface area (Å²) < 4.78 is 32.4. The number of nitro groups is 1. The minimum Gasteiger partial charge on any atom is -0.445 e. The van der Waals surface area contributed by atoms with Gasteiger partial charge in [-0.3, -0.25) is 14.9 Å². The maximum atomic E-state index is 13.5. The second-order valence-corrected chi connectivity index (χ2v) is 10.5. The van der Waals surface area contributed by atoms with Gasteiger partial charge in [0, 0.05) is 23.3 Å². The number of ether oxygens (including phenoxy) is 1. The average molecular weight is 530 g/mol. The van der Waals surface area contributed by atoms with Gasteiger partial charge in [-0.1, -0.05) is 54.6 Å². The molecule has 4 rings (SSSR count). The summed E-state index contributed by atoms with van der Waals surface area (Å²) in [5, 5.41) is 11.0. The van der Waals surface area contributed by atoms with E-state index in [0.29, 0.717) is 11.1 Å². The number of non-ortho nitro benzene ring substituents is 1. The van der Waals surface area contributed by atoms with Gasteiger partial charge in [-0.2, -0.15) is 0 Å². The first-order valence-electron chi connectivity index (χ1n) is 11.6. The minimum atomic E-state index is -4.25. The molecule has 0 unspecified atom stereocenters. The third kappa shape index (κ3) is 5.37. The van der Waals surface area contributed by atoms with E-state index in [1.54, 1.807) is 48.5 Å². The van der Waals surface area contributed by atoms with E-state index >= 15 is 0 Å². The zero-order valence-corrected chi connectivity index (χ0v) is 21.3. The van der Waals surface area contributed by atoms with Crippen molar-refractivity contribution in [1.29, 1.82) is 0 Å². The van der Waals surface area contributed by atoms with Crippen LogP contribution in [0.4, 0.5) is 5.69 Å². The Kier molecular flexibility index (Phi) is 7.50. The van der Waals surface area contributed by atoms with Crippen molar-refractivity contribution in [3.8, 4) is 0 Å². The van der Waals surface area contributed by atoms with Crippen molar-refractivity contribution in [2.75, 3.05) is 0 Å². The van der Waals surface area contributed by atoms with E-state index in [9.17, 15) is 28.1 Å². The number of aryl methyl sites for hydroxylation is 2. The SMILES string of the molecule is Cc1ccc(C(=O)[C@@H](OC(=O)c2ccccc2S(=O)(=O)c2ccc([N+](=O)[O-])cc2)c2ccccc2)cc1C. The number of rotatable bonds is 8. The molecule has 0 aliphatic heterocycles. The molecular formula is C29H23NO7S. The minimum absolute atomic E-state index is 0.228. The Labute approximate surface area is 219 Å². The summed E-state index contributed by atoms with van der Waals surface area (Å²) in [6.07, 6.45) is -1.32. The molecule has 0 aromatic heterocycles. The van der Waals surface area contributed by atoms with Gasteiger partial charge in [0.1, 0.15) is 0 Å². The van der Waals surface area contributed by atoms with Crippen LogP contribution in [0.3, 0.4) is 0 Å². The predicted molar refractivity (Wildman–Crippen MR) is 140 cm³/mol. The summed E-state index contributed by atoms with van der Waals surface area (Å²) >= 11 is 0. The first-order chi connectivity index (χ1) is 18.1. The highest BCUT2D eigenvalue weighted by molar-refractivity contribution is 7.91. The van der Waals surface area contributed by atoms with Crippen molar-refractivity contribution in [2.24, 2.45) is 0 Å². The second-order valence-electron chi connectivity index (χ2n) is 8.61. The van der Waals surface area contributed by atoms with Crippen molar-refractivity contribution < 1.29 is 27.7 Å². The predicted octanol–water partition coefficient (Wildman–Crippen LogP) is 5.83.